The molecule has 2 N–H and O–H groups in total. The molecule has 1 heterocycles. The largest absolute Gasteiger partial charge is 0.495 e. The van der Waals surface area contributed by atoms with E-state index in [-0.39, 0.29) is 18.4 Å². The number of aliphatic hydroxyl groups excluding tert-OH is 1. The summed E-state index contributed by atoms with van der Waals surface area (Å²) in [5, 5.41) is 15.0. The van der Waals surface area contributed by atoms with Gasteiger partial charge in [-0.25, -0.2) is 0 Å². The second kappa shape index (κ2) is 6.59. The molecule has 0 aliphatic heterocycles. The molecular weight excluding hydrogens is 272 g/mol. The summed E-state index contributed by atoms with van der Waals surface area (Å²) in [6.07, 6.45) is 0. The molecule has 0 fully saturated rings. The van der Waals surface area contributed by atoms with E-state index in [1.54, 1.807) is 31.2 Å². The average Bonchev–Trinajstić information content (AvgIpc) is 2.89. The number of nitrogens with one attached hydrogen (secondary N) is 1. The maximum atomic E-state index is 12.1. The molecule has 21 heavy (non-hydrogen) atoms. The first-order chi connectivity index (χ1) is 10.1. The van der Waals surface area contributed by atoms with Crippen molar-refractivity contribution in [2.24, 2.45) is 0 Å². The van der Waals surface area contributed by atoms with E-state index in [4.69, 9.17) is 14.4 Å². The van der Waals surface area contributed by atoms with E-state index in [1.165, 1.54) is 7.11 Å². The summed E-state index contributed by atoms with van der Waals surface area (Å²) in [6, 6.07) is 6.46. The monoisotopic (exact) mass is 286 g/mol. The number of ether oxygens (including phenoxy) is 1. The number of aryl methyl sites for hydroxylation is 1. The van der Waals surface area contributed by atoms with Gasteiger partial charge in [0.15, 0.2) is 0 Å². The number of benzene rings is 1. The lowest BCUT2D eigenvalue weighted by Crippen LogP contribution is -2.11. The molecular formula is C15H14N2O4. The minimum Gasteiger partial charge on any atom is -0.495 e. The topological polar surface area (TPSA) is 84.6 Å². The van der Waals surface area contributed by atoms with Crippen LogP contribution in [0, 0.1) is 18.8 Å². The Morgan fingerprint density at radius 2 is 2.29 bits per heavy atom. The van der Waals surface area contributed by atoms with Crippen molar-refractivity contribution < 1.29 is 19.2 Å². The second-order valence-electron chi connectivity index (χ2n) is 4.16. The fourth-order valence-corrected chi connectivity index (χ4v) is 1.69. The van der Waals surface area contributed by atoms with E-state index >= 15 is 0 Å². The highest BCUT2D eigenvalue weighted by Gasteiger charge is 2.11. The first kappa shape index (κ1) is 14.6. The second-order valence-corrected chi connectivity index (χ2v) is 4.16. The van der Waals surface area contributed by atoms with Crippen LogP contribution in [0.25, 0.3) is 0 Å². The van der Waals surface area contributed by atoms with Crippen LogP contribution in [0.15, 0.2) is 28.8 Å². The lowest BCUT2D eigenvalue weighted by atomic mass is 10.1. The molecule has 6 nitrogen and oxygen atoms in total. The number of methoxy groups -OCH3 is 1. The van der Waals surface area contributed by atoms with Gasteiger partial charge in [0.2, 0.25) is 5.88 Å². The number of aromatic nitrogens is 1. The van der Waals surface area contributed by atoms with Crippen LogP contribution < -0.4 is 10.1 Å². The Morgan fingerprint density at radius 1 is 1.48 bits per heavy atom. The van der Waals surface area contributed by atoms with Crippen LogP contribution in [0.2, 0.25) is 0 Å². The van der Waals surface area contributed by atoms with Gasteiger partial charge in [-0.3, -0.25) is 10.1 Å². The molecule has 0 aliphatic carbocycles. The van der Waals surface area contributed by atoms with Crippen molar-refractivity contribution in [1.82, 2.24) is 5.16 Å². The number of anilines is 1. The molecule has 0 saturated carbocycles. The fourth-order valence-electron chi connectivity index (χ4n) is 1.69. The van der Waals surface area contributed by atoms with Crippen molar-refractivity contribution in [3.63, 3.8) is 0 Å². The maximum Gasteiger partial charge on any atom is 0.258 e. The number of carbonyl (C=O) groups is 1. The minimum atomic E-state index is -0.346. The molecule has 0 bridgehead atoms. The Balaban J connectivity index is 2.24. The Labute approximate surface area is 121 Å². The van der Waals surface area contributed by atoms with E-state index in [0.29, 0.717) is 22.6 Å². The van der Waals surface area contributed by atoms with Gasteiger partial charge in [0, 0.05) is 11.6 Å². The van der Waals surface area contributed by atoms with Crippen LogP contribution in [0.3, 0.4) is 0 Å². The smallest absolute Gasteiger partial charge is 0.258 e. The Morgan fingerprint density at radius 3 is 2.90 bits per heavy atom. The van der Waals surface area contributed by atoms with Crippen LogP contribution in [0.5, 0.6) is 5.75 Å². The Kier molecular flexibility index (Phi) is 4.59. The molecule has 1 amide bonds. The van der Waals surface area contributed by atoms with Gasteiger partial charge in [-0.1, -0.05) is 17.0 Å². The molecule has 0 spiro atoms. The molecule has 1 aromatic heterocycles. The normalized spacial score (nSPS) is 9.67. The Bertz CT molecular complexity index is 710. The van der Waals surface area contributed by atoms with Crippen LogP contribution >= 0.6 is 0 Å². The molecule has 2 rings (SSSR count). The molecule has 0 unspecified atom stereocenters. The van der Waals surface area contributed by atoms with Crippen LogP contribution in [-0.2, 0) is 0 Å². The molecule has 2 aromatic rings. The first-order valence-corrected chi connectivity index (χ1v) is 6.16. The number of carbonyl (C=O) groups excluding carboxylic acids is 1. The van der Waals surface area contributed by atoms with E-state index in [2.05, 4.69) is 22.3 Å². The number of rotatable bonds is 3. The molecule has 1 aromatic carbocycles. The van der Waals surface area contributed by atoms with Crippen molar-refractivity contribution in [3.8, 4) is 17.6 Å². The van der Waals surface area contributed by atoms with Crippen molar-refractivity contribution in [2.75, 3.05) is 19.0 Å². The van der Waals surface area contributed by atoms with Crippen LogP contribution in [-0.4, -0.2) is 29.9 Å². The summed E-state index contributed by atoms with van der Waals surface area (Å²) < 4.78 is 10.1. The van der Waals surface area contributed by atoms with Gasteiger partial charge in [-0.15, -0.1) is 0 Å². The van der Waals surface area contributed by atoms with Crippen molar-refractivity contribution in [3.05, 3.63) is 41.1 Å². The zero-order valence-electron chi connectivity index (χ0n) is 11.6. The van der Waals surface area contributed by atoms with Gasteiger partial charge >= 0.3 is 0 Å². The maximum absolute atomic E-state index is 12.1. The van der Waals surface area contributed by atoms with Crippen LogP contribution in [0.4, 0.5) is 5.88 Å². The predicted octanol–water partition coefficient (Wildman–Crippen LogP) is 1.59. The summed E-state index contributed by atoms with van der Waals surface area (Å²) in [4.78, 5) is 12.1. The number of amides is 1. The number of nitrogens with zero attached hydrogens (tertiary/aromatic N) is 1. The molecule has 0 saturated heterocycles. The zero-order chi connectivity index (χ0) is 15.2. The van der Waals surface area contributed by atoms with Gasteiger partial charge in [0.25, 0.3) is 5.91 Å². The first-order valence-electron chi connectivity index (χ1n) is 6.16. The highest BCUT2D eigenvalue weighted by atomic mass is 16.5. The third kappa shape index (κ3) is 3.61. The quantitative estimate of drug-likeness (QED) is 0.837. The summed E-state index contributed by atoms with van der Waals surface area (Å²) in [5.74, 6) is 5.72. The van der Waals surface area contributed by atoms with Gasteiger partial charge in [0.05, 0.1) is 18.4 Å². The van der Waals surface area contributed by atoms with E-state index in [9.17, 15) is 4.79 Å². The Hall–Kier alpha value is -2.78. The molecule has 108 valence electrons. The van der Waals surface area contributed by atoms with Gasteiger partial charge in [-0.05, 0) is 25.1 Å². The number of hydrogen-bond acceptors (Lipinski definition) is 5. The average molecular weight is 286 g/mol. The molecule has 0 radical (unpaired) electrons. The van der Waals surface area contributed by atoms with Gasteiger partial charge in [-0.2, -0.15) is 0 Å². The lowest BCUT2D eigenvalue weighted by molar-refractivity contribution is 0.102. The molecule has 6 heteroatoms. The highest BCUT2D eigenvalue weighted by molar-refractivity contribution is 6.03. The van der Waals surface area contributed by atoms with E-state index in [1.807, 2.05) is 0 Å². The standard InChI is InChI=1S/C15H14N2O4/c1-10-8-14(21-17-10)16-15(19)12-5-6-13(20-2)11(9-12)4-3-7-18/h5-6,8-9,18H,7H2,1-2H3,(H,16,19). The molecule has 0 aliphatic rings. The third-order valence-corrected chi connectivity index (χ3v) is 2.63. The van der Waals surface area contributed by atoms with Gasteiger partial charge in [0.1, 0.15) is 12.4 Å². The van der Waals surface area contributed by atoms with Crippen molar-refractivity contribution in [1.29, 1.82) is 0 Å². The SMILES string of the molecule is COc1ccc(C(=O)Nc2cc(C)no2)cc1C#CCO. The summed E-state index contributed by atoms with van der Waals surface area (Å²) in [6.45, 7) is 1.49. The number of aliphatic hydroxyl groups is 1. The predicted molar refractivity (Wildman–Crippen MR) is 76.2 cm³/mol. The van der Waals surface area contributed by atoms with E-state index in [0.717, 1.165) is 0 Å². The summed E-state index contributed by atoms with van der Waals surface area (Å²) in [7, 11) is 1.51. The molecule has 0 atom stereocenters. The van der Waals surface area contributed by atoms with Crippen molar-refractivity contribution in [2.45, 2.75) is 6.92 Å². The van der Waals surface area contributed by atoms with Crippen molar-refractivity contribution >= 4 is 11.8 Å². The lowest BCUT2D eigenvalue weighted by Gasteiger charge is -2.06. The third-order valence-electron chi connectivity index (χ3n) is 2.63. The van der Waals surface area contributed by atoms with Crippen LogP contribution in [0.1, 0.15) is 21.6 Å². The summed E-state index contributed by atoms with van der Waals surface area (Å²) in [5.41, 5.74) is 1.59. The minimum absolute atomic E-state index is 0.267. The van der Waals surface area contributed by atoms with Gasteiger partial charge < -0.3 is 14.4 Å². The highest BCUT2D eigenvalue weighted by Crippen LogP contribution is 2.20. The zero-order valence-corrected chi connectivity index (χ0v) is 11.6. The van der Waals surface area contributed by atoms with E-state index < -0.39 is 0 Å². The number of hydrogen-bond donors (Lipinski definition) is 2. The fraction of sp³-hybridized carbons (Fsp3) is 0.200. The summed E-state index contributed by atoms with van der Waals surface area (Å²) >= 11 is 0.